The molecule has 0 aromatic heterocycles. The highest BCUT2D eigenvalue weighted by Gasteiger charge is 2.37. The van der Waals surface area contributed by atoms with Crippen LogP contribution in [0, 0.1) is 11.3 Å². The van der Waals surface area contributed by atoms with E-state index in [2.05, 4.69) is 0 Å². The molecule has 0 atom stereocenters. The summed E-state index contributed by atoms with van der Waals surface area (Å²) in [4.78, 5) is 11.9. The first-order chi connectivity index (χ1) is 13.4. The number of benzene rings is 2. The topological polar surface area (TPSA) is 71.3 Å². The van der Waals surface area contributed by atoms with Crippen molar-refractivity contribution in [3.8, 4) is 17.6 Å². The number of nitrogens with one attached hydrogen (secondary N) is 1. The van der Waals surface area contributed by atoms with Crippen LogP contribution < -0.4 is 14.8 Å². The standard InChI is InChI=1S/C18H12F6N2O3/c1-28-15-4-10(8-25)2-3-14(15)29-9-16(27)26-13-6-11(17(19,20)21)5-12(7-13)18(22,23)24/h2-7H,9H2,1H3,(H,26,27). The molecule has 0 spiro atoms. The molecular formula is C18H12F6N2O3. The Balaban J connectivity index is 2.18. The van der Waals surface area contributed by atoms with Crippen LogP contribution in [0.3, 0.4) is 0 Å². The number of nitriles is 1. The number of hydrogen-bond donors (Lipinski definition) is 1. The van der Waals surface area contributed by atoms with Crippen molar-refractivity contribution in [2.45, 2.75) is 12.4 Å². The molecule has 2 rings (SSSR count). The number of halogens is 6. The van der Waals surface area contributed by atoms with Gasteiger partial charge in [-0.3, -0.25) is 4.79 Å². The summed E-state index contributed by atoms with van der Waals surface area (Å²) in [5.41, 5.74) is -3.55. The third kappa shape index (κ3) is 5.78. The molecule has 0 aliphatic rings. The number of ether oxygens (including phenoxy) is 2. The van der Waals surface area contributed by atoms with Gasteiger partial charge in [0, 0.05) is 11.8 Å². The maximum atomic E-state index is 12.8. The third-order valence-electron chi connectivity index (χ3n) is 3.52. The van der Waals surface area contributed by atoms with Crippen molar-refractivity contribution in [2.24, 2.45) is 0 Å². The maximum Gasteiger partial charge on any atom is 0.416 e. The molecule has 0 bridgehead atoms. The highest BCUT2D eigenvalue weighted by Crippen LogP contribution is 2.37. The lowest BCUT2D eigenvalue weighted by atomic mass is 10.1. The van der Waals surface area contributed by atoms with Gasteiger partial charge in [0.1, 0.15) is 0 Å². The Morgan fingerprint density at radius 1 is 1.00 bits per heavy atom. The highest BCUT2D eigenvalue weighted by molar-refractivity contribution is 5.92. The molecule has 0 saturated carbocycles. The van der Waals surface area contributed by atoms with E-state index in [1.807, 2.05) is 11.4 Å². The number of anilines is 1. The Morgan fingerprint density at radius 3 is 2.07 bits per heavy atom. The quantitative estimate of drug-likeness (QED) is 0.720. The van der Waals surface area contributed by atoms with Crippen LogP contribution in [0.5, 0.6) is 11.5 Å². The van der Waals surface area contributed by atoms with E-state index in [0.717, 1.165) is 0 Å². The first-order valence-corrected chi connectivity index (χ1v) is 7.74. The minimum Gasteiger partial charge on any atom is -0.493 e. The zero-order chi connectivity index (χ0) is 21.8. The number of alkyl halides is 6. The zero-order valence-corrected chi connectivity index (χ0v) is 14.6. The molecule has 11 heteroatoms. The van der Waals surface area contributed by atoms with E-state index in [1.54, 1.807) is 0 Å². The molecule has 2 aromatic carbocycles. The predicted molar refractivity (Wildman–Crippen MR) is 88.3 cm³/mol. The average molecular weight is 418 g/mol. The van der Waals surface area contributed by atoms with Crippen LogP contribution in [0.2, 0.25) is 0 Å². The molecule has 154 valence electrons. The summed E-state index contributed by atoms with van der Waals surface area (Å²) in [6.45, 7) is -0.722. The second-order valence-corrected chi connectivity index (χ2v) is 5.61. The fourth-order valence-electron chi connectivity index (χ4n) is 2.22. The third-order valence-corrected chi connectivity index (χ3v) is 3.52. The summed E-state index contributed by atoms with van der Waals surface area (Å²) in [6, 6.07) is 6.62. The first-order valence-electron chi connectivity index (χ1n) is 7.74. The van der Waals surface area contributed by atoms with Crippen molar-refractivity contribution in [1.29, 1.82) is 5.26 Å². The Kier molecular flexibility index (Phi) is 6.26. The second kappa shape index (κ2) is 8.30. The minimum atomic E-state index is -5.03. The van der Waals surface area contributed by atoms with E-state index in [1.165, 1.54) is 25.3 Å². The van der Waals surface area contributed by atoms with Crippen molar-refractivity contribution in [3.63, 3.8) is 0 Å². The molecule has 29 heavy (non-hydrogen) atoms. The molecule has 0 heterocycles. The fraction of sp³-hybridized carbons (Fsp3) is 0.222. The molecule has 0 aliphatic heterocycles. The van der Waals surface area contributed by atoms with Gasteiger partial charge in [-0.05, 0) is 30.3 Å². The second-order valence-electron chi connectivity index (χ2n) is 5.61. The summed E-state index contributed by atoms with van der Waals surface area (Å²) < 4.78 is 87.2. The summed E-state index contributed by atoms with van der Waals surface area (Å²) in [7, 11) is 1.28. The van der Waals surface area contributed by atoms with E-state index in [9.17, 15) is 31.1 Å². The fourth-order valence-corrected chi connectivity index (χ4v) is 2.22. The Labute approximate surface area is 160 Å². The molecule has 0 radical (unpaired) electrons. The van der Waals surface area contributed by atoms with Crippen LogP contribution in [0.15, 0.2) is 36.4 Å². The summed E-state index contributed by atoms with van der Waals surface area (Å²) in [5.74, 6) is -0.819. The van der Waals surface area contributed by atoms with Gasteiger partial charge in [-0.25, -0.2) is 0 Å². The highest BCUT2D eigenvalue weighted by atomic mass is 19.4. The van der Waals surface area contributed by atoms with Gasteiger partial charge in [0.15, 0.2) is 18.1 Å². The van der Waals surface area contributed by atoms with E-state index in [0.29, 0.717) is 12.1 Å². The average Bonchev–Trinajstić information content (AvgIpc) is 2.64. The van der Waals surface area contributed by atoms with Gasteiger partial charge in [-0.15, -0.1) is 0 Å². The smallest absolute Gasteiger partial charge is 0.416 e. The molecule has 0 saturated heterocycles. The van der Waals surface area contributed by atoms with Gasteiger partial charge in [0.2, 0.25) is 0 Å². The Hall–Kier alpha value is -3.42. The number of methoxy groups -OCH3 is 1. The van der Waals surface area contributed by atoms with Gasteiger partial charge in [0.05, 0.1) is 29.9 Å². The van der Waals surface area contributed by atoms with Crippen molar-refractivity contribution < 1.29 is 40.6 Å². The summed E-state index contributed by atoms with van der Waals surface area (Å²) in [5, 5.41) is 10.8. The molecule has 5 nitrogen and oxygen atoms in total. The molecule has 1 amide bonds. The van der Waals surface area contributed by atoms with Crippen molar-refractivity contribution in [1.82, 2.24) is 0 Å². The molecule has 0 fully saturated rings. The number of rotatable bonds is 5. The number of amides is 1. The SMILES string of the molecule is COc1cc(C#N)ccc1OCC(=O)Nc1cc(C(F)(F)F)cc(C(F)(F)F)c1. The number of nitrogens with zero attached hydrogens (tertiary/aromatic N) is 1. The van der Waals surface area contributed by atoms with Crippen LogP contribution in [-0.4, -0.2) is 19.6 Å². The van der Waals surface area contributed by atoms with Crippen LogP contribution in [0.4, 0.5) is 32.0 Å². The van der Waals surface area contributed by atoms with Crippen LogP contribution in [0.25, 0.3) is 0 Å². The van der Waals surface area contributed by atoms with E-state index >= 15 is 0 Å². The minimum absolute atomic E-state index is 0.0478. The molecular weight excluding hydrogens is 406 g/mol. The predicted octanol–water partition coefficient (Wildman–Crippen LogP) is 4.62. The Bertz CT molecular complexity index is 916. The summed E-state index contributed by atoms with van der Waals surface area (Å²) >= 11 is 0. The molecule has 2 aromatic rings. The van der Waals surface area contributed by atoms with Gasteiger partial charge in [-0.2, -0.15) is 31.6 Å². The van der Waals surface area contributed by atoms with E-state index in [4.69, 9.17) is 14.7 Å². The van der Waals surface area contributed by atoms with Crippen molar-refractivity contribution >= 4 is 11.6 Å². The number of hydrogen-bond acceptors (Lipinski definition) is 4. The lowest BCUT2D eigenvalue weighted by Gasteiger charge is -2.15. The van der Waals surface area contributed by atoms with E-state index < -0.39 is 41.7 Å². The van der Waals surface area contributed by atoms with Crippen molar-refractivity contribution in [2.75, 3.05) is 19.0 Å². The Morgan fingerprint density at radius 2 is 1.59 bits per heavy atom. The van der Waals surface area contributed by atoms with Gasteiger partial charge < -0.3 is 14.8 Å². The first kappa shape index (κ1) is 21.9. The normalized spacial score (nSPS) is 11.5. The van der Waals surface area contributed by atoms with Gasteiger partial charge >= 0.3 is 12.4 Å². The maximum absolute atomic E-state index is 12.8. The zero-order valence-electron chi connectivity index (χ0n) is 14.6. The summed E-state index contributed by atoms with van der Waals surface area (Å²) in [6.07, 6.45) is -10.1. The van der Waals surface area contributed by atoms with Gasteiger partial charge in [-0.1, -0.05) is 0 Å². The van der Waals surface area contributed by atoms with Crippen LogP contribution >= 0.6 is 0 Å². The monoisotopic (exact) mass is 418 g/mol. The van der Waals surface area contributed by atoms with Gasteiger partial charge in [0.25, 0.3) is 5.91 Å². The molecule has 1 N–H and O–H groups in total. The lowest BCUT2D eigenvalue weighted by Crippen LogP contribution is -2.21. The largest absolute Gasteiger partial charge is 0.493 e. The van der Waals surface area contributed by atoms with Crippen LogP contribution in [-0.2, 0) is 17.1 Å². The van der Waals surface area contributed by atoms with E-state index in [-0.39, 0.29) is 23.1 Å². The number of carbonyl (C=O) groups is 1. The van der Waals surface area contributed by atoms with Crippen LogP contribution in [0.1, 0.15) is 16.7 Å². The number of carbonyl (C=O) groups excluding carboxylic acids is 1. The molecule has 0 unspecified atom stereocenters. The lowest BCUT2D eigenvalue weighted by molar-refractivity contribution is -0.143. The van der Waals surface area contributed by atoms with Crippen molar-refractivity contribution in [3.05, 3.63) is 53.1 Å². The molecule has 0 aliphatic carbocycles.